The normalized spacial score (nSPS) is 10.3. The van der Waals surface area contributed by atoms with Crippen molar-refractivity contribution in [1.82, 2.24) is 10.2 Å². The topological polar surface area (TPSA) is 55.8 Å². The quantitative estimate of drug-likeness (QED) is 0.822. The van der Waals surface area contributed by atoms with E-state index in [1.165, 1.54) is 4.90 Å². The Morgan fingerprint density at radius 2 is 1.67 bits per heavy atom. The summed E-state index contributed by atoms with van der Waals surface area (Å²) in [5.74, 6) is 0. The molecule has 2 rings (SSSR count). The Labute approximate surface area is 143 Å². The zero-order valence-corrected chi connectivity index (χ0v) is 14.3. The van der Waals surface area contributed by atoms with Crippen molar-refractivity contribution in [3.05, 3.63) is 60.2 Å². The van der Waals surface area contributed by atoms with Gasteiger partial charge in [-0.3, -0.25) is 0 Å². The number of aliphatic hydroxyl groups is 1. The maximum atomic E-state index is 11.8. The maximum absolute atomic E-state index is 11.8. The third kappa shape index (κ3) is 4.73. The molecular formula is C19H25N3O2. The van der Waals surface area contributed by atoms with Crippen molar-refractivity contribution in [2.24, 2.45) is 0 Å². The molecule has 5 heteroatoms. The van der Waals surface area contributed by atoms with Gasteiger partial charge in [-0.15, -0.1) is 0 Å². The number of para-hydroxylation sites is 1. The molecule has 2 N–H and O–H groups in total. The largest absolute Gasteiger partial charge is 0.395 e. The Hall–Kier alpha value is -2.53. The molecule has 128 valence electrons. The average Bonchev–Trinajstić information content (AvgIpc) is 2.62. The number of carbonyl (C=O) groups excluding carboxylic acids is 1. The molecule has 0 aromatic heterocycles. The molecule has 0 radical (unpaired) electrons. The molecule has 5 nitrogen and oxygen atoms in total. The molecule has 24 heavy (non-hydrogen) atoms. The summed E-state index contributed by atoms with van der Waals surface area (Å²) in [7, 11) is 1.66. The first-order valence-corrected chi connectivity index (χ1v) is 8.17. The molecule has 0 aliphatic rings. The average molecular weight is 327 g/mol. The van der Waals surface area contributed by atoms with E-state index in [2.05, 4.69) is 41.4 Å². The van der Waals surface area contributed by atoms with Crippen LogP contribution in [0.3, 0.4) is 0 Å². The SMILES string of the molecule is CCN(c1ccccc1)c1ccc(CNC(=O)N(C)CCO)cc1. The number of carbonyl (C=O) groups is 1. The number of hydrogen-bond acceptors (Lipinski definition) is 3. The fraction of sp³-hybridized carbons (Fsp3) is 0.316. The number of amides is 2. The highest BCUT2D eigenvalue weighted by molar-refractivity contribution is 5.73. The van der Waals surface area contributed by atoms with Crippen LogP contribution in [0.1, 0.15) is 12.5 Å². The van der Waals surface area contributed by atoms with Gasteiger partial charge >= 0.3 is 6.03 Å². The van der Waals surface area contributed by atoms with Gasteiger partial charge in [0, 0.05) is 38.1 Å². The highest BCUT2D eigenvalue weighted by Gasteiger charge is 2.08. The minimum atomic E-state index is -0.187. The van der Waals surface area contributed by atoms with Crippen LogP contribution in [0, 0.1) is 0 Å². The lowest BCUT2D eigenvalue weighted by molar-refractivity contribution is 0.190. The van der Waals surface area contributed by atoms with Crippen LogP contribution in [-0.4, -0.2) is 42.8 Å². The lowest BCUT2D eigenvalue weighted by atomic mass is 10.1. The van der Waals surface area contributed by atoms with Crippen molar-refractivity contribution in [1.29, 1.82) is 0 Å². The van der Waals surface area contributed by atoms with Crippen LogP contribution in [0.2, 0.25) is 0 Å². The van der Waals surface area contributed by atoms with Crippen molar-refractivity contribution in [3.8, 4) is 0 Å². The zero-order valence-electron chi connectivity index (χ0n) is 14.3. The predicted octanol–water partition coefficient (Wildman–Crippen LogP) is 2.98. The van der Waals surface area contributed by atoms with E-state index in [4.69, 9.17) is 5.11 Å². The number of nitrogens with zero attached hydrogens (tertiary/aromatic N) is 2. The molecule has 0 heterocycles. The first-order valence-electron chi connectivity index (χ1n) is 8.17. The molecular weight excluding hydrogens is 302 g/mol. The van der Waals surface area contributed by atoms with Gasteiger partial charge in [0.15, 0.2) is 0 Å². The molecule has 0 bridgehead atoms. The summed E-state index contributed by atoms with van der Waals surface area (Å²) in [6.45, 7) is 3.76. The lowest BCUT2D eigenvalue weighted by Crippen LogP contribution is -2.38. The molecule has 0 saturated carbocycles. The van der Waals surface area contributed by atoms with Gasteiger partial charge in [0.25, 0.3) is 0 Å². The number of urea groups is 1. The van der Waals surface area contributed by atoms with Crippen LogP contribution in [0.25, 0.3) is 0 Å². The number of hydrogen-bond donors (Lipinski definition) is 2. The van der Waals surface area contributed by atoms with Crippen LogP contribution in [0.5, 0.6) is 0 Å². The monoisotopic (exact) mass is 327 g/mol. The molecule has 0 aliphatic heterocycles. The minimum Gasteiger partial charge on any atom is -0.395 e. The number of benzene rings is 2. The number of likely N-dealkylation sites (N-methyl/N-ethyl adjacent to an activating group) is 1. The molecule has 0 aliphatic carbocycles. The van der Waals surface area contributed by atoms with Gasteiger partial charge < -0.3 is 20.2 Å². The molecule has 2 aromatic rings. The maximum Gasteiger partial charge on any atom is 0.317 e. The van der Waals surface area contributed by atoms with Crippen LogP contribution < -0.4 is 10.2 Å². The van der Waals surface area contributed by atoms with E-state index in [0.29, 0.717) is 13.1 Å². The predicted molar refractivity (Wildman–Crippen MR) is 97.5 cm³/mol. The van der Waals surface area contributed by atoms with Crippen LogP contribution in [0.4, 0.5) is 16.2 Å². The second-order valence-electron chi connectivity index (χ2n) is 5.55. The van der Waals surface area contributed by atoms with E-state index in [9.17, 15) is 4.79 Å². The lowest BCUT2D eigenvalue weighted by Gasteiger charge is -2.23. The molecule has 0 fully saturated rings. The van der Waals surface area contributed by atoms with Gasteiger partial charge in [-0.1, -0.05) is 30.3 Å². The fourth-order valence-corrected chi connectivity index (χ4v) is 2.48. The standard InChI is InChI=1S/C19H25N3O2/c1-3-22(17-7-5-4-6-8-17)18-11-9-16(10-12-18)15-20-19(24)21(2)13-14-23/h4-12,23H,3,13-15H2,1-2H3,(H,20,24). The summed E-state index contributed by atoms with van der Waals surface area (Å²) >= 11 is 0. The number of nitrogens with one attached hydrogen (secondary N) is 1. The Balaban J connectivity index is 1.98. The highest BCUT2D eigenvalue weighted by Crippen LogP contribution is 2.24. The van der Waals surface area contributed by atoms with E-state index in [1.54, 1.807) is 7.05 Å². The molecule has 2 aromatic carbocycles. The first kappa shape index (κ1) is 17.8. The van der Waals surface area contributed by atoms with Crippen LogP contribution in [-0.2, 0) is 6.54 Å². The van der Waals surface area contributed by atoms with Crippen molar-refractivity contribution in [3.63, 3.8) is 0 Å². The minimum absolute atomic E-state index is 0.0368. The summed E-state index contributed by atoms with van der Waals surface area (Å²) in [6.07, 6.45) is 0. The Morgan fingerprint density at radius 3 is 2.25 bits per heavy atom. The highest BCUT2D eigenvalue weighted by atomic mass is 16.3. The Bertz CT molecular complexity index is 629. The first-order chi connectivity index (χ1) is 11.7. The van der Waals surface area contributed by atoms with Crippen molar-refractivity contribution in [2.75, 3.05) is 31.6 Å². The summed E-state index contributed by atoms with van der Waals surface area (Å²) in [4.78, 5) is 15.5. The summed E-state index contributed by atoms with van der Waals surface area (Å²) < 4.78 is 0. The van der Waals surface area contributed by atoms with Gasteiger partial charge in [0.05, 0.1) is 6.61 Å². The number of anilines is 2. The van der Waals surface area contributed by atoms with E-state index in [1.807, 2.05) is 30.3 Å². The van der Waals surface area contributed by atoms with Crippen molar-refractivity contribution in [2.45, 2.75) is 13.5 Å². The third-order valence-corrected chi connectivity index (χ3v) is 3.86. The summed E-state index contributed by atoms with van der Waals surface area (Å²) in [5.41, 5.74) is 3.32. The second kappa shape index (κ2) is 8.93. The third-order valence-electron chi connectivity index (χ3n) is 3.86. The van der Waals surface area contributed by atoms with E-state index in [0.717, 1.165) is 23.5 Å². The van der Waals surface area contributed by atoms with Gasteiger partial charge in [-0.25, -0.2) is 4.79 Å². The Morgan fingerprint density at radius 1 is 1.04 bits per heavy atom. The van der Waals surface area contributed by atoms with Gasteiger partial charge in [-0.05, 0) is 36.8 Å². The van der Waals surface area contributed by atoms with Gasteiger partial charge in [0.2, 0.25) is 0 Å². The van der Waals surface area contributed by atoms with Crippen molar-refractivity contribution < 1.29 is 9.90 Å². The van der Waals surface area contributed by atoms with E-state index >= 15 is 0 Å². The van der Waals surface area contributed by atoms with E-state index in [-0.39, 0.29) is 12.6 Å². The summed E-state index contributed by atoms with van der Waals surface area (Å²) in [5, 5.41) is 11.7. The van der Waals surface area contributed by atoms with Crippen LogP contribution in [0.15, 0.2) is 54.6 Å². The number of aliphatic hydroxyl groups excluding tert-OH is 1. The molecule has 0 spiro atoms. The second-order valence-corrected chi connectivity index (χ2v) is 5.55. The number of rotatable bonds is 7. The molecule has 0 unspecified atom stereocenters. The molecule has 0 saturated heterocycles. The van der Waals surface area contributed by atoms with Gasteiger partial charge in [-0.2, -0.15) is 0 Å². The zero-order chi connectivity index (χ0) is 17.4. The smallest absolute Gasteiger partial charge is 0.317 e. The van der Waals surface area contributed by atoms with Crippen LogP contribution >= 0.6 is 0 Å². The van der Waals surface area contributed by atoms with Crippen molar-refractivity contribution >= 4 is 17.4 Å². The molecule has 0 atom stereocenters. The van der Waals surface area contributed by atoms with E-state index < -0.39 is 0 Å². The fourth-order valence-electron chi connectivity index (χ4n) is 2.48. The molecule has 2 amide bonds. The Kier molecular flexibility index (Phi) is 6.63. The van der Waals surface area contributed by atoms with Gasteiger partial charge in [0.1, 0.15) is 0 Å². The summed E-state index contributed by atoms with van der Waals surface area (Å²) in [6, 6.07) is 18.2.